The molecule has 35 heavy (non-hydrogen) atoms. The number of ether oxygens (including phenoxy) is 1. The number of fused-ring (bicyclic) bond motifs is 1. The van der Waals surface area contributed by atoms with Crippen LogP contribution in [-0.4, -0.2) is 58.7 Å². The highest BCUT2D eigenvalue weighted by molar-refractivity contribution is 7.99. The number of hydrogen-bond donors (Lipinski definition) is 1. The van der Waals surface area contributed by atoms with E-state index in [9.17, 15) is 14.4 Å². The third-order valence-electron chi connectivity index (χ3n) is 6.63. The van der Waals surface area contributed by atoms with E-state index in [1.165, 1.54) is 23.3 Å². The summed E-state index contributed by atoms with van der Waals surface area (Å²) in [4.78, 5) is 40.2. The van der Waals surface area contributed by atoms with Crippen LogP contribution in [0.3, 0.4) is 0 Å². The van der Waals surface area contributed by atoms with Crippen molar-refractivity contribution in [2.24, 2.45) is 0 Å². The molecule has 2 aliphatic rings. The number of carbonyl (C=O) groups excluding carboxylic acids is 3. The highest BCUT2D eigenvalue weighted by atomic mass is 32.2. The first-order valence-corrected chi connectivity index (χ1v) is 13.4. The number of thioether (sulfide) groups is 1. The van der Waals surface area contributed by atoms with Gasteiger partial charge in [-0.2, -0.15) is 11.8 Å². The van der Waals surface area contributed by atoms with E-state index in [1.54, 1.807) is 19.1 Å². The van der Waals surface area contributed by atoms with Crippen LogP contribution in [-0.2, 0) is 29.3 Å². The average molecular weight is 496 g/mol. The molecule has 2 heterocycles. The van der Waals surface area contributed by atoms with Crippen molar-refractivity contribution in [1.29, 1.82) is 0 Å². The lowest BCUT2D eigenvalue weighted by Crippen LogP contribution is -2.39. The second-order valence-electron chi connectivity index (χ2n) is 9.08. The first kappa shape index (κ1) is 25.3. The Morgan fingerprint density at radius 2 is 1.77 bits per heavy atom. The minimum Gasteiger partial charge on any atom is -0.489 e. The van der Waals surface area contributed by atoms with Crippen molar-refractivity contribution in [1.82, 2.24) is 15.1 Å². The SMILES string of the molecule is CCC(=O)NC(=O)CN1Cc2c(OCc3ccc(CN4CCC(SC)CC4)cc3)cccc2C1=O. The molecule has 3 amide bonds. The van der Waals surface area contributed by atoms with Crippen LogP contribution < -0.4 is 10.1 Å². The normalized spacial score (nSPS) is 16.3. The number of hydrogen-bond acceptors (Lipinski definition) is 6. The lowest BCUT2D eigenvalue weighted by molar-refractivity contribution is -0.130. The molecule has 0 atom stereocenters. The lowest BCUT2D eigenvalue weighted by Gasteiger charge is -2.31. The van der Waals surface area contributed by atoms with Crippen molar-refractivity contribution in [3.63, 3.8) is 0 Å². The molecule has 0 saturated carbocycles. The van der Waals surface area contributed by atoms with Crippen LogP contribution >= 0.6 is 11.8 Å². The van der Waals surface area contributed by atoms with E-state index in [4.69, 9.17) is 4.74 Å². The van der Waals surface area contributed by atoms with E-state index in [1.807, 2.05) is 17.8 Å². The fraction of sp³-hybridized carbons (Fsp3) is 0.444. The first-order chi connectivity index (χ1) is 17.0. The van der Waals surface area contributed by atoms with Gasteiger partial charge < -0.3 is 9.64 Å². The molecule has 2 aromatic rings. The minimum absolute atomic E-state index is 0.158. The van der Waals surface area contributed by atoms with Crippen LogP contribution in [0.2, 0.25) is 0 Å². The molecule has 2 aliphatic heterocycles. The monoisotopic (exact) mass is 495 g/mol. The Morgan fingerprint density at radius 1 is 1.06 bits per heavy atom. The average Bonchev–Trinajstić information content (AvgIpc) is 3.19. The Bertz CT molecular complexity index is 1060. The summed E-state index contributed by atoms with van der Waals surface area (Å²) in [6.45, 7) is 5.48. The highest BCUT2D eigenvalue weighted by Crippen LogP contribution is 2.31. The number of imide groups is 1. The van der Waals surface area contributed by atoms with Crippen LogP contribution in [0.15, 0.2) is 42.5 Å². The number of amides is 3. The van der Waals surface area contributed by atoms with Gasteiger partial charge in [-0.1, -0.05) is 37.3 Å². The van der Waals surface area contributed by atoms with E-state index in [0.29, 0.717) is 17.9 Å². The van der Waals surface area contributed by atoms with Gasteiger partial charge in [0.15, 0.2) is 0 Å². The van der Waals surface area contributed by atoms with Crippen LogP contribution in [0.25, 0.3) is 0 Å². The van der Waals surface area contributed by atoms with Crippen LogP contribution in [0.5, 0.6) is 5.75 Å². The Balaban J connectivity index is 1.32. The number of nitrogens with zero attached hydrogens (tertiary/aromatic N) is 2. The summed E-state index contributed by atoms with van der Waals surface area (Å²) in [5.41, 5.74) is 3.68. The summed E-state index contributed by atoms with van der Waals surface area (Å²) in [5.74, 6) is -0.414. The van der Waals surface area contributed by atoms with E-state index in [2.05, 4.69) is 40.7 Å². The molecule has 0 unspecified atom stereocenters. The van der Waals surface area contributed by atoms with Crippen molar-refractivity contribution >= 4 is 29.5 Å². The predicted octanol–water partition coefficient (Wildman–Crippen LogP) is 3.60. The molecule has 2 aromatic carbocycles. The highest BCUT2D eigenvalue weighted by Gasteiger charge is 2.31. The van der Waals surface area contributed by atoms with Gasteiger partial charge in [-0.25, -0.2) is 0 Å². The molecule has 8 heteroatoms. The van der Waals surface area contributed by atoms with Crippen molar-refractivity contribution in [2.75, 3.05) is 25.9 Å². The fourth-order valence-electron chi connectivity index (χ4n) is 4.55. The topological polar surface area (TPSA) is 79.0 Å². The van der Waals surface area contributed by atoms with Crippen molar-refractivity contribution < 1.29 is 19.1 Å². The van der Waals surface area contributed by atoms with Gasteiger partial charge >= 0.3 is 0 Å². The molecule has 0 spiro atoms. The quantitative estimate of drug-likeness (QED) is 0.573. The van der Waals surface area contributed by atoms with E-state index in [-0.39, 0.29) is 31.3 Å². The molecule has 0 aliphatic carbocycles. The van der Waals surface area contributed by atoms with E-state index in [0.717, 1.165) is 36.0 Å². The Labute approximate surface area is 211 Å². The number of rotatable bonds is 9. The van der Waals surface area contributed by atoms with E-state index >= 15 is 0 Å². The summed E-state index contributed by atoms with van der Waals surface area (Å²) >= 11 is 1.98. The summed E-state index contributed by atoms with van der Waals surface area (Å²) in [6.07, 6.45) is 4.94. The molecular weight excluding hydrogens is 462 g/mol. The van der Waals surface area contributed by atoms with Gasteiger partial charge in [0.2, 0.25) is 11.8 Å². The summed E-state index contributed by atoms with van der Waals surface area (Å²) < 4.78 is 6.09. The standard InChI is InChI=1S/C27H33N3O4S/c1-3-25(31)28-26(32)17-30-16-23-22(27(30)33)5-4-6-24(23)34-18-20-9-7-19(8-10-20)15-29-13-11-21(35-2)12-14-29/h4-10,21H,3,11-18H2,1-2H3,(H,28,31,32). The zero-order valence-electron chi connectivity index (χ0n) is 20.4. The molecular formula is C27H33N3O4S. The zero-order valence-corrected chi connectivity index (χ0v) is 21.2. The molecule has 7 nitrogen and oxygen atoms in total. The van der Waals surface area contributed by atoms with E-state index < -0.39 is 5.91 Å². The zero-order chi connectivity index (χ0) is 24.8. The maximum atomic E-state index is 12.8. The molecule has 4 rings (SSSR count). The van der Waals surface area contributed by atoms with Crippen molar-refractivity contribution in [3.05, 3.63) is 64.7 Å². The fourth-order valence-corrected chi connectivity index (χ4v) is 5.23. The third-order valence-corrected chi connectivity index (χ3v) is 7.76. The van der Waals surface area contributed by atoms with Crippen LogP contribution in [0, 0.1) is 0 Å². The molecule has 186 valence electrons. The maximum Gasteiger partial charge on any atom is 0.255 e. The predicted molar refractivity (Wildman–Crippen MR) is 137 cm³/mol. The van der Waals surface area contributed by atoms with Crippen LogP contribution in [0.4, 0.5) is 0 Å². The number of carbonyl (C=O) groups is 3. The van der Waals surface area contributed by atoms with Gasteiger partial charge in [-0.15, -0.1) is 0 Å². The lowest BCUT2D eigenvalue weighted by atomic mass is 10.1. The smallest absolute Gasteiger partial charge is 0.255 e. The molecule has 1 N–H and O–H groups in total. The maximum absolute atomic E-state index is 12.8. The van der Waals surface area contributed by atoms with Crippen LogP contribution in [0.1, 0.15) is 53.2 Å². The van der Waals surface area contributed by atoms with Gasteiger partial charge in [0, 0.05) is 29.3 Å². The number of likely N-dealkylation sites (tertiary alicyclic amines) is 1. The second kappa shape index (κ2) is 11.7. The van der Waals surface area contributed by atoms with Gasteiger partial charge in [0.05, 0.1) is 6.54 Å². The van der Waals surface area contributed by atoms with Crippen molar-refractivity contribution in [2.45, 2.75) is 51.1 Å². The Hall–Kier alpha value is -2.84. The van der Waals surface area contributed by atoms with Gasteiger partial charge in [0.1, 0.15) is 18.9 Å². The molecule has 1 saturated heterocycles. The minimum atomic E-state index is -0.478. The van der Waals surface area contributed by atoms with Gasteiger partial charge in [-0.3, -0.25) is 24.6 Å². The largest absolute Gasteiger partial charge is 0.489 e. The number of benzene rings is 2. The Kier molecular flexibility index (Phi) is 8.46. The summed E-state index contributed by atoms with van der Waals surface area (Å²) in [5, 5.41) is 3.09. The molecule has 0 aromatic heterocycles. The first-order valence-electron chi connectivity index (χ1n) is 12.2. The number of piperidine rings is 1. The third kappa shape index (κ3) is 6.44. The summed E-state index contributed by atoms with van der Waals surface area (Å²) in [6, 6.07) is 13.9. The van der Waals surface area contributed by atoms with Gasteiger partial charge in [-0.05, 0) is 55.4 Å². The summed E-state index contributed by atoms with van der Waals surface area (Å²) in [7, 11) is 0. The second-order valence-corrected chi connectivity index (χ2v) is 10.2. The molecule has 0 radical (unpaired) electrons. The number of nitrogens with one attached hydrogen (secondary N) is 1. The van der Waals surface area contributed by atoms with Gasteiger partial charge in [0.25, 0.3) is 5.91 Å². The van der Waals surface area contributed by atoms with Crippen molar-refractivity contribution in [3.8, 4) is 5.75 Å². The Morgan fingerprint density at radius 3 is 2.46 bits per heavy atom. The molecule has 0 bridgehead atoms. The molecule has 1 fully saturated rings.